The molecule has 1 aliphatic heterocycles. The Morgan fingerprint density at radius 3 is 2.91 bits per heavy atom. The summed E-state index contributed by atoms with van der Waals surface area (Å²) in [5.74, 6) is -0.591. The van der Waals surface area contributed by atoms with Crippen molar-refractivity contribution in [2.24, 2.45) is 0 Å². The van der Waals surface area contributed by atoms with Crippen molar-refractivity contribution in [1.29, 1.82) is 0 Å². The van der Waals surface area contributed by atoms with Crippen LogP contribution in [0.1, 0.15) is 19.8 Å². The van der Waals surface area contributed by atoms with Gasteiger partial charge in [-0.3, -0.25) is 0 Å². The average molecular weight is 179 g/mol. The Labute approximate surface area is 70.3 Å². The SMILES string of the molecule is CCC1(O)C(=O)OCCC1Cl. The highest BCUT2D eigenvalue weighted by molar-refractivity contribution is 6.23. The summed E-state index contributed by atoms with van der Waals surface area (Å²) in [7, 11) is 0. The lowest BCUT2D eigenvalue weighted by atomic mass is 9.92. The van der Waals surface area contributed by atoms with Gasteiger partial charge in [-0.1, -0.05) is 6.92 Å². The Bertz CT molecular complexity index is 171. The van der Waals surface area contributed by atoms with Gasteiger partial charge in [0.25, 0.3) is 0 Å². The van der Waals surface area contributed by atoms with E-state index in [2.05, 4.69) is 4.74 Å². The number of rotatable bonds is 1. The standard InChI is InChI=1S/C7H11ClO3/c1-2-7(10)5(8)3-4-11-6(7)9/h5,10H,2-4H2,1H3. The van der Waals surface area contributed by atoms with Gasteiger partial charge in [0.15, 0.2) is 5.60 Å². The number of hydrogen-bond acceptors (Lipinski definition) is 3. The first kappa shape index (κ1) is 8.81. The van der Waals surface area contributed by atoms with E-state index in [9.17, 15) is 9.90 Å². The molecule has 0 aromatic carbocycles. The van der Waals surface area contributed by atoms with Crippen LogP contribution in [0.15, 0.2) is 0 Å². The quantitative estimate of drug-likeness (QED) is 0.475. The summed E-state index contributed by atoms with van der Waals surface area (Å²) in [6.07, 6.45) is 0.831. The molecule has 1 heterocycles. The number of cyclic esters (lactones) is 1. The van der Waals surface area contributed by atoms with E-state index < -0.39 is 16.9 Å². The molecule has 0 aromatic rings. The molecule has 2 atom stereocenters. The maximum atomic E-state index is 11.0. The summed E-state index contributed by atoms with van der Waals surface area (Å²) in [5.41, 5.74) is -1.46. The Hall–Kier alpha value is -0.280. The van der Waals surface area contributed by atoms with Crippen molar-refractivity contribution in [3.05, 3.63) is 0 Å². The summed E-state index contributed by atoms with van der Waals surface area (Å²) >= 11 is 5.77. The highest BCUT2D eigenvalue weighted by Crippen LogP contribution is 2.28. The fraction of sp³-hybridized carbons (Fsp3) is 0.857. The van der Waals surface area contributed by atoms with Crippen molar-refractivity contribution in [2.45, 2.75) is 30.7 Å². The summed E-state index contributed by atoms with van der Waals surface area (Å²) in [5, 5.41) is 9.10. The predicted octanol–water partition coefficient (Wildman–Crippen LogP) is 0.682. The van der Waals surface area contributed by atoms with Crippen LogP contribution in [0.4, 0.5) is 0 Å². The normalized spacial score (nSPS) is 38.5. The topological polar surface area (TPSA) is 46.5 Å². The lowest BCUT2D eigenvalue weighted by Gasteiger charge is -2.33. The molecule has 1 N–H and O–H groups in total. The largest absolute Gasteiger partial charge is 0.463 e. The number of carbonyl (C=O) groups excluding carboxylic acids is 1. The first-order valence-electron chi connectivity index (χ1n) is 3.65. The number of esters is 1. The van der Waals surface area contributed by atoms with Gasteiger partial charge in [0.1, 0.15) is 0 Å². The highest BCUT2D eigenvalue weighted by Gasteiger charge is 2.45. The van der Waals surface area contributed by atoms with Crippen LogP contribution in [0.5, 0.6) is 0 Å². The number of ether oxygens (including phenoxy) is 1. The maximum Gasteiger partial charge on any atom is 0.339 e. The van der Waals surface area contributed by atoms with Crippen LogP contribution in [0.2, 0.25) is 0 Å². The van der Waals surface area contributed by atoms with Crippen molar-refractivity contribution in [1.82, 2.24) is 0 Å². The smallest absolute Gasteiger partial charge is 0.339 e. The van der Waals surface area contributed by atoms with Gasteiger partial charge in [-0.25, -0.2) is 4.79 Å². The third kappa shape index (κ3) is 1.35. The second-order valence-electron chi connectivity index (χ2n) is 2.67. The zero-order chi connectivity index (χ0) is 8.48. The summed E-state index contributed by atoms with van der Waals surface area (Å²) in [6.45, 7) is 2.03. The van der Waals surface area contributed by atoms with Crippen molar-refractivity contribution in [3.63, 3.8) is 0 Å². The van der Waals surface area contributed by atoms with Crippen LogP contribution in [-0.4, -0.2) is 28.7 Å². The van der Waals surface area contributed by atoms with E-state index in [0.717, 1.165) is 0 Å². The second kappa shape index (κ2) is 2.99. The molecule has 1 saturated heterocycles. The number of hydrogen-bond donors (Lipinski definition) is 1. The Morgan fingerprint density at radius 1 is 1.91 bits per heavy atom. The van der Waals surface area contributed by atoms with Crippen molar-refractivity contribution in [3.8, 4) is 0 Å². The van der Waals surface area contributed by atoms with Gasteiger partial charge < -0.3 is 9.84 Å². The van der Waals surface area contributed by atoms with E-state index in [-0.39, 0.29) is 0 Å². The van der Waals surface area contributed by atoms with Gasteiger partial charge in [0.2, 0.25) is 0 Å². The third-order valence-corrected chi connectivity index (χ3v) is 2.59. The fourth-order valence-electron chi connectivity index (χ4n) is 1.11. The molecule has 3 nitrogen and oxygen atoms in total. The van der Waals surface area contributed by atoms with Crippen LogP contribution >= 0.6 is 11.6 Å². The number of carbonyl (C=O) groups is 1. The molecule has 0 aliphatic carbocycles. The van der Waals surface area contributed by atoms with Gasteiger partial charge in [-0.15, -0.1) is 11.6 Å². The average Bonchev–Trinajstić information content (AvgIpc) is 2.00. The molecule has 0 amide bonds. The van der Waals surface area contributed by atoms with Gasteiger partial charge in [0.05, 0.1) is 12.0 Å². The van der Waals surface area contributed by atoms with Crippen LogP contribution < -0.4 is 0 Å². The van der Waals surface area contributed by atoms with E-state index in [4.69, 9.17) is 11.6 Å². The summed E-state index contributed by atoms with van der Waals surface area (Å²) in [4.78, 5) is 11.0. The number of alkyl halides is 1. The highest BCUT2D eigenvalue weighted by atomic mass is 35.5. The fourth-order valence-corrected chi connectivity index (χ4v) is 1.45. The molecule has 0 bridgehead atoms. The number of aliphatic hydroxyl groups is 1. The minimum absolute atomic E-state index is 0.306. The molecule has 1 rings (SSSR count). The minimum Gasteiger partial charge on any atom is -0.463 e. The molecule has 2 unspecified atom stereocenters. The molecule has 64 valence electrons. The van der Waals surface area contributed by atoms with Crippen LogP contribution in [0.25, 0.3) is 0 Å². The van der Waals surface area contributed by atoms with Gasteiger partial charge in [0, 0.05) is 6.42 Å². The molecule has 0 saturated carbocycles. The molecule has 11 heavy (non-hydrogen) atoms. The first-order chi connectivity index (χ1) is 5.11. The van der Waals surface area contributed by atoms with Crippen LogP contribution in [-0.2, 0) is 9.53 Å². The Balaban J connectivity index is 2.77. The molecule has 4 heteroatoms. The molecule has 1 fully saturated rings. The van der Waals surface area contributed by atoms with Crippen molar-refractivity contribution in [2.75, 3.05) is 6.61 Å². The monoisotopic (exact) mass is 178 g/mol. The van der Waals surface area contributed by atoms with E-state index in [1.54, 1.807) is 6.92 Å². The lowest BCUT2D eigenvalue weighted by molar-refractivity contribution is -0.173. The number of halogens is 1. The molecule has 0 aromatic heterocycles. The van der Waals surface area contributed by atoms with Crippen LogP contribution in [0.3, 0.4) is 0 Å². The van der Waals surface area contributed by atoms with Crippen LogP contribution in [0, 0.1) is 0 Å². The predicted molar refractivity (Wildman–Crippen MR) is 40.5 cm³/mol. The van der Waals surface area contributed by atoms with E-state index in [1.165, 1.54) is 0 Å². The molecular formula is C7H11ClO3. The van der Waals surface area contributed by atoms with E-state index in [0.29, 0.717) is 19.4 Å². The van der Waals surface area contributed by atoms with Gasteiger partial charge in [-0.2, -0.15) is 0 Å². The Morgan fingerprint density at radius 2 is 2.55 bits per heavy atom. The molecule has 0 radical (unpaired) electrons. The minimum atomic E-state index is -1.46. The van der Waals surface area contributed by atoms with Gasteiger partial charge in [-0.05, 0) is 6.42 Å². The third-order valence-electron chi connectivity index (χ3n) is 2.02. The molecule has 1 aliphatic rings. The summed E-state index contributed by atoms with van der Waals surface area (Å²) < 4.78 is 4.68. The Kier molecular flexibility index (Phi) is 2.40. The summed E-state index contributed by atoms with van der Waals surface area (Å²) in [6, 6.07) is 0. The second-order valence-corrected chi connectivity index (χ2v) is 3.20. The van der Waals surface area contributed by atoms with E-state index in [1.807, 2.05) is 0 Å². The first-order valence-corrected chi connectivity index (χ1v) is 4.08. The zero-order valence-corrected chi connectivity index (χ0v) is 7.10. The lowest BCUT2D eigenvalue weighted by Crippen LogP contribution is -2.51. The van der Waals surface area contributed by atoms with Gasteiger partial charge >= 0.3 is 5.97 Å². The van der Waals surface area contributed by atoms with Crippen molar-refractivity contribution >= 4 is 17.6 Å². The molecular weight excluding hydrogens is 168 g/mol. The van der Waals surface area contributed by atoms with E-state index >= 15 is 0 Å². The maximum absolute atomic E-state index is 11.0. The molecule has 0 spiro atoms. The zero-order valence-electron chi connectivity index (χ0n) is 6.34. The van der Waals surface area contributed by atoms with Crippen molar-refractivity contribution < 1.29 is 14.6 Å².